The minimum absolute atomic E-state index is 0.154. The summed E-state index contributed by atoms with van der Waals surface area (Å²) in [5.41, 5.74) is 0.335. The van der Waals surface area contributed by atoms with Crippen LogP contribution in [-0.4, -0.2) is 30.8 Å². The number of benzene rings is 1. The number of halogens is 1. The van der Waals surface area contributed by atoms with E-state index in [2.05, 4.69) is 57.2 Å². The summed E-state index contributed by atoms with van der Waals surface area (Å²) in [7, 11) is 0. The normalized spacial score (nSPS) is 31.5. The second kappa shape index (κ2) is 6.13. The van der Waals surface area contributed by atoms with Crippen LogP contribution in [0, 0.1) is 11.3 Å². The molecule has 5 heteroatoms. The lowest BCUT2D eigenvalue weighted by Crippen LogP contribution is -2.51. The predicted octanol–water partition coefficient (Wildman–Crippen LogP) is 3.06. The molecule has 0 radical (unpaired) electrons. The molecule has 3 unspecified atom stereocenters. The Labute approximate surface area is 139 Å². The van der Waals surface area contributed by atoms with Gasteiger partial charge in [0.15, 0.2) is 0 Å². The molecule has 1 fully saturated rings. The van der Waals surface area contributed by atoms with E-state index in [0.717, 1.165) is 24.6 Å². The van der Waals surface area contributed by atoms with Gasteiger partial charge in [0.1, 0.15) is 12.7 Å². The zero-order valence-electron chi connectivity index (χ0n) is 12.8. The molecule has 2 aromatic rings. The lowest BCUT2D eigenvalue weighted by molar-refractivity contribution is -0.0880. The van der Waals surface area contributed by atoms with E-state index in [0.29, 0.717) is 6.54 Å². The molecule has 0 saturated heterocycles. The number of hydrogen-bond acceptors (Lipinski definition) is 3. The van der Waals surface area contributed by atoms with Crippen LogP contribution in [-0.2, 0) is 13.0 Å². The fraction of sp³-hybridized carbons (Fsp3) is 0.529. The van der Waals surface area contributed by atoms with E-state index in [1.54, 1.807) is 11.0 Å². The summed E-state index contributed by atoms with van der Waals surface area (Å²) in [6, 6.07) is 10.4. The van der Waals surface area contributed by atoms with Crippen LogP contribution >= 0.6 is 15.9 Å². The zero-order valence-corrected chi connectivity index (χ0v) is 14.4. The molecule has 1 aliphatic rings. The van der Waals surface area contributed by atoms with Gasteiger partial charge < -0.3 is 5.11 Å². The van der Waals surface area contributed by atoms with Gasteiger partial charge in [0.25, 0.3) is 0 Å². The number of alkyl halides is 1. The molecule has 1 saturated carbocycles. The van der Waals surface area contributed by atoms with Gasteiger partial charge >= 0.3 is 0 Å². The number of rotatable bonds is 5. The lowest BCUT2D eigenvalue weighted by Gasteiger charge is -2.42. The predicted molar refractivity (Wildman–Crippen MR) is 89.7 cm³/mol. The van der Waals surface area contributed by atoms with E-state index < -0.39 is 5.60 Å². The molecule has 1 aromatic carbocycles. The van der Waals surface area contributed by atoms with Crippen molar-refractivity contribution in [1.29, 1.82) is 0 Å². The fourth-order valence-corrected chi connectivity index (χ4v) is 4.44. The highest BCUT2D eigenvalue weighted by molar-refractivity contribution is 9.09. The first kappa shape index (κ1) is 15.7. The first-order valence-corrected chi connectivity index (χ1v) is 8.84. The van der Waals surface area contributed by atoms with E-state index >= 15 is 0 Å². The topological polar surface area (TPSA) is 50.9 Å². The van der Waals surface area contributed by atoms with Crippen molar-refractivity contribution in [3.8, 4) is 0 Å². The third-order valence-corrected chi connectivity index (χ3v) is 6.49. The second-order valence-electron chi connectivity index (χ2n) is 6.64. The maximum Gasteiger partial charge on any atom is 0.137 e. The highest BCUT2D eigenvalue weighted by Crippen LogP contribution is 2.52. The monoisotopic (exact) mass is 363 g/mol. The van der Waals surface area contributed by atoms with Crippen molar-refractivity contribution in [3.05, 3.63) is 48.5 Å². The summed E-state index contributed by atoms with van der Waals surface area (Å²) in [5.74, 6) is 0.224. The Balaban J connectivity index is 1.88. The Morgan fingerprint density at radius 1 is 1.36 bits per heavy atom. The maximum atomic E-state index is 11.6. The van der Waals surface area contributed by atoms with Crippen molar-refractivity contribution in [2.45, 2.75) is 38.3 Å². The molecule has 0 aliphatic heterocycles. The molecule has 0 spiro atoms. The molecule has 1 aliphatic carbocycles. The Hall–Kier alpha value is -1.20. The average molecular weight is 364 g/mol. The van der Waals surface area contributed by atoms with Crippen molar-refractivity contribution in [3.63, 3.8) is 0 Å². The Morgan fingerprint density at radius 3 is 2.77 bits per heavy atom. The van der Waals surface area contributed by atoms with Crippen LogP contribution < -0.4 is 0 Å². The Bertz CT molecular complexity index is 604. The average Bonchev–Trinajstić information content (AvgIpc) is 3.11. The molecule has 118 valence electrons. The molecule has 1 aromatic heterocycles. The molecular formula is C17H22BrN3O. The van der Waals surface area contributed by atoms with Gasteiger partial charge in [-0.2, -0.15) is 5.10 Å². The van der Waals surface area contributed by atoms with Crippen LogP contribution in [0.5, 0.6) is 0 Å². The highest BCUT2D eigenvalue weighted by atomic mass is 79.9. The van der Waals surface area contributed by atoms with E-state index in [4.69, 9.17) is 0 Å². The number of aromatic nitrogens is 3. The van der Waals surface area contributed by atoms with Crippen LogP contribution in [0.4, 0.5) is 0 Å². The molecule has 1 heterocycles. The Morgan fingerprint density at radius 2 is 2.14 bits per heavy atom. The molecule has 3 atom stereocenters. The van der Waals surface area contributed by atoms with Gasteiger partial charge in [-0.05, 0) is 30.7 Å². The maximum absolute atomic E-state index is 11.6. The van der Waals surface area contributed by atoms with Gasteiger partial charge in [0.2, 0.25) is 0 Å². The van der Waals surface area contributed by atoms with Gasteiger partial charge in [-0.25, -0.2) is 4.98 Å². The van der Waals surface area contributed by atoms with Crippen molar-refractivity contribution < 1.29 is 5.11 Å². The molecule has 1 N–H and O–H groups in total. The third kappa shape index (κ3) is 2.72. The van der Waals surface area contributed by atoms with E-state index in [-0.39, 0.29) is 11.3 Å². The summed E-state index contributed by atoms with van der Waals surface area (Å²) in [6.07, 6.45) is 6.15. The van der Waals surface area contributed by atoms with E-state index in [1.165, 1.54) is 11.9 Å². The van der Waals surface area contributed by atoms with Crippen LogP contribution in [0.2, 0.25) is 0 Å². The Kier molecular flexibility index (Phi) is 4.37. The number of aliphatic hydroxyl groups is 1. The summed E-state index contributed by atoms with van der Waals surface area (Å²) < 4.78 is 1.75. The molecule has 3 rings (SSSR count). The highest BCUT2D eigenvalue weighted by Gasteiger charge is 2.56. The first-order chi connectivity index (χ1) is 10.6. The van der Waals surface area contributed by atoms with Crippen molar-refractivity contribution in [1.82, 2.24) is 14.8 Å². The molecular weight excluding hydrogens is 342 g/mol. The number of nitrogens with zero attached hydrogens (tertiary/aromatic N) is 3. The van der Waals surface area contributed by atoms with E-state index in [1.807, 2.05) is 6.07 Å². The molecule has 22 heavy (non-hydrogen) atoms. The first-order valence-electron chi connectivity index (χ1n) is 7.72. The van der Waals surface area contributed by atoms with Crippen molar-refractivity contribution in [2.24, 2.45) is 11.3 Å². The van der Waals surface area contributed by atoms with Crippen LogP contribution in [0.15, 0.2) is 43.0 Å². The smallest absolute Gasteiger partial charge is 0.137 e. The SMILES string of the molecule is CC1(CBr)CCC(Cc2ccccc2)C1(O)Cn1cncn1. The van der Waals surface area contributed by atoms with Gasteiger partial charge in [-0.15, -0.1) is 0 Å². The van der Waals surface area contributed by atoms with Crippen LogP contribution in [0.1, 0.15) is 25.3 Å². The van der Waals surface area contributed by atoms with Crippen molar-refractivity contribution >= 4 is 15.9 Å². The minimum atomic E-state index is -0.792. The van der Waals surface area contributed by atoms with Gasteiger partial charge in [0, 0.05) is 10.7 Å². The molecule has 0 amide bonds. The zero-order chi connectivity index (χ0) is 15.6. The van der Waals surface area contributed by atoms with Crippen LogP contribution in [0.3, 0.4) is 0 Å². The summed E-state index contributed by atoms with van der Waals surface area (Å²) in [4.78, 5) is 4.01. The van der Waals surface area contributed by atoms with E-state index in [9.17, 15) is 5.11 Å². The third-order valence-electron chi connectivity index (χ3n) is 5.25. The fourth-order valence-electron chi connectivity index (χ4n) is 3.67. The molecule has 4 nitrogen and oxygen atoms in total. The molecule has 0 bridgehead atoms. The minimum Gasteiger partial charge on any atom is -0.387 e. The quantitative estimate of drug-likeness (QED) is 0.830. The van der Waals surface area contributed by atoms with Crippen LogP contribution in [0.25, 0.3) is 0 Å². The summed E-state index contributed by atoms with van der Waals surface area (Å²) >= 11 is 3.62. The second-order valence-corrected chi connectivity index (χ2v) is 7.20. The van der Waals surface area contributed by atoms with Crippen molar-refractivity contribution in [2.75, 3.05) is 5.33 Å². The van der Waals surface area contributed by atoms with Gasteiger partial charge in [-0.3, -0.25) is 4.68 Å². The van der Waals surface area contributed by atoms with Gasteiger partial charge in [0.05, 0.1) is 12.1 Å². The summed E-state index contributed by atoms with van der Waals surface area (Å²) in [5, 5.41) is 16.6. The lowest BCUT2D eigenvalue weighted by atomic mass is 9.72. The van der Waals surface area contributed by atoms with Gasteiger partial charge in [-0.1, -0.05) is 53.2 Å². The summed E-state index contributed by atoms with van der Waals surface area (Å²) in [6.45, 7) is 2.66. The number of hydrogen-bond donors (Lipinski definition) is 1. The largest absolute Gasteiger partial charge is 0.387 e. The standard InChI is InChI=1S/C17H22BrN3O/c1-16(10-18)8-7-15(9-14-5-3-2-4-6-14)17(16,22)11-21-13-19-12-20-21/h2-6,12-13,15,22H,7-11H2,1H3.